The van der Waals surface area contributed by atoms with E-state index < -0.39 is 10.5 Å². The van der Waals surface area contributed by atoms with Gasteiger partial charge in [0.2, 0.25) is 0 Å². The van der Waals surface area contributed by atoms with E-state index >= 15 is 0 Å². The van der Waals surface area contributed by atoms with Gasteiger partial charge in [-0.2, -0.15) is 5.26 Å². The second-order valence-electron chi connectivity index (χ2n) is 5.39. The number of benzene rings is 1. The molecule has 1 aromatic carbocycles. The Hall–Kier alpha value is -3.99. The Balaban J connectivity index is 1.95. The number of H-pyrrole nitrogens is 1. The maximum Gasteiger partial charge on any atom is 0.331 e. The number of nitro groups is 1. The number of aromatic amines is 1. The Morgan fingerprint density at radius 2 is 2.00 bits per heavy atom. The average Bonchev–Trinajstić information content (AvgIpc) is 2.62. The summed E-state index contributed by atoms with van der Waals surface area (Å²) in [6, 6.07) is 12.9. The highest BCUT2D eigenvalue weighted by atomic mass is 16.6. The maximum atomic E-state index is 11.9. The van der Waals surface area contributed by atoms with Gasteiger partial charge >= 0.3 is 5.69 Å². The van der Waals surface area contributed by atoms with E-state index in [1.807, 2.05) is 6.07 Å². The fraction of sp³-hybridized carbons (Fsp3) is 0.0556. The molecule has 0 spiro atoms. The SMILES string of the molecule is Cc1cc(-c2ccc(Oc3ncccc3[N+](=O)[O-])cc2)c(C#N)c(=O)[nH]1. The van der Waals surface area contributed by atoms with E-state index in [0.29, 0.717) is 22.6 Å². The molecule has 0 amide bonds. The Kier molecular flexibility index (Phi) is 4.45. The Morgan fingerprint density at radius 1 is 1.27 bits per heavy atom. The first-order valence-corrected chi connectivity index (χ1v) is 7.51. The van der Waals surface area contributed by atoms with Crippen LogP contribution < -0.4 is 10.3 Å². The molecule has 3 aromatic rings. The van der Waals surface area contributed by atoms with Crippen LogP contribution in [0.5, 0.6) is 11.6 Å². The lowest BCUT2D eigenvalue weighted by Crippen LogP contribution is -2.12. The fourth-order valence-electron chi connectivity index (χ4n) is 2.44. The highest BCUT2D eigenvalue weighted by Gasteiger charge is 2.16. The van der Waals surface area contributed by atoms with Gasteiger partial charge in [-0.25, -0.2) is 4.98 Å². The topological polar surface area (TPSA) is 122 Å². The van der Waals surface area contributed by atoms with Crippen molar-refractivity contribution in [1.29, 1.82) is 5.26 Å². The van der Waals surface area contributed by atoms with Crippen molar-refractivity contribution in [2.24, 2.45) is 0 Å². The minimum Gasteiger partial charge on any atom is -0.434 e. The number of aromatic nitrogens is 2. The largest absolute Gasteiger partial charge is 0.434 e. The highest BCUT2D eigenvalue weighted by Crippen LogP contribution is 2.30. The summed E-state index contributed by atoms with van der Waals surface area (Å²) in [7, 11) is 0. The van der Waals surface area contributed by atoms with Crippen molar-refractivity contribution < 1.29 is 9.66 Å². The molecule has 8 heteroatoms. The molecule has 8 nitrogen and oxygen atoms in total. The van der Waals surface area contributed by atoms with E-state index in [4.69, 9.17) is 4.74 Å². The summed E-state index contributed by atoms with van der Waals surface area (Å²) in [6.45, 7) is 1.73. The molecule has 0 atom stereocenters. The van der Waals surface area contributed by atoms with Gasteiger partial charge < -0.3 is 9.72 Å². The molecule has 0 aliphatic heterocycles. The van der Waals surface area contributed by atoms with E-state index in [9.17, 15) is 20.2 Å². The van der Waals surface area contributed by atoms with Crippen LogP contribution in [0.15, 0.2) is 53.5 Å². The van der Waals surface area contributed by atoms with Gasteiger partial charge in [0.1, 0.15) is 17.4 Å². The van der Waals surface area contributed by atoms with E-state index in [1.165, 1.54) is 18.3 Å². The van der Waals surface area contributed by atoms with E-state index in [0.717, 1.165) is 0 Å². The number of nitrogens with zero attached hydrogens (tertiary/aromatic N) is 3. The second kappa shape index (κ2) is 6.86. The van der Waals surface area contributed by atoms with Gasteiger partial charge in [0, 0.05) is 23.5 Å². The predicted octanol–water partition coefficient (Wildman–Crippen LogP) is 3.32. The quantitative estimate of drug-likeness (QED) is 0.570. The third kappa shape index (κ3) is 3.27. The van der Waals surface area contributed by atoms with Crippen LogP contribution in [0.3, 0.4) is 0 Å². The predicted molar refractivity (Wildman–Crippen MR) is 92.9 cm³/mol. The lowest BCUT2D eigenvalue weighted by molar-refractivity contribution is -0.386. The van der Waals surface area contributed by atoms with Gasteiger partial charge in [-0.3, -0.25) is 14.9 Å². The lowest BCUT2D eigenvalue weighted by atomic mass is 10.0. The molecule has 0 aliphatic rings. The van der Waals surface area contributed by atoms with Crippen molar-refractivity contribution >= 4 is 5.69 Å². The van der Waals surface area contributed by atoms with Crippen molar-refractivity contribution in [3.05, 3.63) is 80.4 Å². The van der Waals surface area contributed by atoms with Gasteiger partial charge in [-0.05, 0) is 36.8 Å². The molecule has 1 N–H and O–H groups in total. The summed E-state index contributed by atoms with van der Waals surface area (Å²) in [4.78, 5) is 28.8. The van der Waals surface area contributed by atoms with E-state index in [2.05, 4.69) is 9.97 Å². The van der Waals surface area contributed by atoms with Gasteiger partial charge in [0.25, 0.3) is 11.4 Å². The first-order chi connectivity index (χ1) is 12.5. The van der Waals surface area contributed by atoms with Crippen LogP contribution in [0.2, 0.25) is 0 Å². The second-order valence-corrected chi connectivity index (χ2v) is 5.39. The number of hydrogen-bond donors (Lipinski definition) is 1. The van der Waals surface area contributed by atoms with E-state index in [1.54, 1.807) is 37.3 Å². The summed E-state index contributed by atoms with van der Waals surface area (Å²) in [5.74, 6) is 0.227. The minimum absolute atomic E-state index is 0.0182. The van der Waals surface area contributed by atoms with Gasteiger partial charge in [-0.15, -0.1) is 0 Å². The van der Waals surface area contributed by atoms with Crippen LogP contribution in [0, 0.1) is 28.4 Å². The lowest BCUT2D eigenvalue weighted by Gasteiger charge is -2.08. The van der Waals surface area contributed by atoms with Crippen LogP contribution in [0.25, 0.3) is 11.1 Å². The zero-order valence-electron chi connectivity index (χ0n) is 13.6. The first-order valence-electron chi connectivity index (χ1n) is 7.51. The third-order valence-corrected chi connectivity index (χ3v) is 3.61. The summed E-state index contributed by atoms with van der Waals surface area (Å²) in [5.41, 5.74) is 1.11. The smallest absolute Gasteiger partial charge is 0.331 e. The van der Waals surface area contributed by atoms with Gasteiger partial charge in [0.15, 0.2) is 0 Å². The van der Waals surface area contributed by atoms with Gasteiger partial charge in [-0.1, -0.05) is 12.1 Å². The summed E-state index contributed by atoms with van der Waals surface area (Å²) in [5, 5.41) is 20.2. The van der Waals surface area contributed by atoms with Crippen molar-refractivity contribution in [3.63, 3.8) is 0 Å². The minimum atomic E-state index is -0.574. The molecule has 0 bridgehead atoms. The van der Waals surface area contributed by atoms with Crippen LogP contribution in [-0.2, 0) is 0 Å². The molecule has 26 heavy (non-hydrogen) atoms. The molecule has 0 saturated carbocycles. The Labute approximate surface area is 147 Å². The van der Waals surface area contributed by atoms with Crippen molar-refractivity contribution in [1.82, 2.24) is 9.97 Å². The summed E-state index contributed by atoms with van der Waals surface area (Å²) < 4.78 is 5.48. The molecule has 0 unspecified atom stereocenters. The Morgan fingerprint density at radius 3 is 2.65 bits per heavy atom. The standard InChI is InChI=1S/C18H12N4O4/c1-11-9-14(15(10-19)17(23)21-11)12-4-6-13(7-5-12)26-18-16(22(24)25)3-2-8-20-18/h2-9H,1H3,(H,21,23). The molecule has 3 rings (SSSR count). The van der Waals surface area contributed by atoms with Crippen LogP contribution in [0.1, 0.15) is 11.3 Å². The molecule has 0 radical (unpaired) electrons. The number of rotatable bonds is 4. The molecular weight excluding hydrogens is 336 g/mol. The number of nitrogens with one attached hydrogen (secondary N) is 1. The van der Waals surface area contributed by atoms with Crippen LogP contribution in [0.4, 0.5) is 5.69 Å². The molecule has 0 fully saturated rings. The van der Waals surface area contributed by atoms with E-state index in [-0.39, 0.29) is 17.1 Å². The fourth-order valence-corrected chi connectivity index (χ4v) is 2.44. The molecular formula is C18H12N4O4. The normalized spacial score (nSPS) is 10.2. The Bertz CT molecular complexity index is 1080. The summed E-state index contributed by atoms with van der Waals surface area (Å²) >= 11 is 0. The first kappa shape index (κ1) is 16.9. The number of pyridine rings is 2. The monoisotopic (exact) mass is 348 g/mol. The molecule has 0 aliphatic carbocycles. The number of hydrogen-bond acceptors (Lipinski definition) is 6. The van der Waals surface area contributed by atoms with Crippen molar-refractivity contribution in [2.75, 3.05) is 0 Å². The third-order valence-electron chi connectivity index (χ3n) is 3.61. The maximum absolute atomic E-state index is 11.9. The molecule has 2 heterocycles. The molecule has 128 valence electrons. The van der Waals surface area contributed by atoms with Gasteiger partial charge in [0.05, 0.1) is 4.92 Å². The number of aryl methyl sites for hydroxylation is 1. The van der Waals surface area contributed by atoms with Crippen molar-refractivity contribution in [3.8, 4) is 28.8 Å². The van der Waals surface area contributed by atoms with Crippen molar-refractivity contribution in [2.45, 2.75) is 6.92 Å². The average molecular weight is 348 g/mol. The summed E-state index contributed by atoms with van der Waals surface area (Å²) in [6.07, 6.45) is 1.40. The zero-order valence-corrected chi connectivity index (χ0v) is 13.6. The number of nitriles is 1. The number of ether oxygens (including phenoxy) is 1. The highest BCUT2D eigenvalue weighted by molar-refractivity contribution is 5.70. The van der Waals surface area contributed by atoms with Crippen LogP contribution in [-0.4, -0.2) is 14.9 Å². The molecule has 2 aromatic heterocycles. The zero-order chi connectivity index (χ0) is 18.7. The molecule has 0 saturated heterocycles. The van der Waals surface area contributed by atoms with Crippen LogP contribution >= 0.6 is 0 Å².